The topological polar surface area (TPSA) is 70.4 Å². The lowest BCUT2D eigenvalue weighted by Gasteiger charge is -2.11. The summed E-state index contributed by atoms with van der Waals surface area (Å²) in [5, 5.41) is 24.6. The number of benzene rings is 3. The van der Waals surface area contributed by atoms with E-state index in [1.165, 1.54) is 11.1 Å². The summed E-state index contributed by atoms with van der Waals surface area (Å²) in [6.45, 7) is 0.595. The lowest BCUT2D eigenvalue weighted by atomic mass is 9.96. The van der Waals surface area contributed by atoms with Crippen molar-refractivity contribution in [1.82, 2.24) is 9.55 Å². The average molecular weight is 384 g/mol. The number of para-hydroxylation sites is 1. The monoisotopic (exact) mass is 384 g/mol. The highest BCUT2D eigenvalue weighted by atomic mass is 16.5. The maximum Gasteiger partial charge on any atom is 0.197 e. The van der Waals surface area contributed by atoms with Gasteiger partial charge in [0, 0.05) is 46.4 Å². The van der Waals surface area contributed by atoms with Gasteiger partial charge in [0.1, 0.15) is 5.75 Å². The van der Waals surface area contributed by atoms with Crippen molar-refractivity contribution in [2.45, 2.75) is 13.0 Å². The molecule has 29 heavy (non-hydrogen) atoms. The van der Waals surface area contributed by atoms with E-state index in [0.717, 1.165) is 55.9 Å². The first-order valence-corrected chi connectivity index (χ1v) is 9.77. The van der Waals surface area contributed by atoms with Crippen LogP contribution in [0.3, 0.4) is 0 Å². The minimum atomic E-state index is 0.0692. The number of aliphatic hydroxyl groups excluding tert-OH is 1. The van der Waals surface area contributed by atoms with Gasteiger partial charge in [-0.05, 0) is 34.9 Å². The first-order valence-electron chi connectivity index (χ1n) is 9.77. The molecule has 0 aliphatic heterocycles. The number of ether oxygens (including phenoxy) is 1. The molecule has 0 unspecified atom stereocenters. The van der Waals surface area contributed by atoms with Crippen molar-refractivity contribution in [3.8, 4) is 22.8 Å². The highest BCUT2D eigenvalue weighted by Crippen LogP contribution is 2.51. The number of H-pyrrole nitrogens is 1. The standard InChI is InChI=1S/C24H20N2O3/c1-29-14-6-7-15-13(10-14)11-17-20(15)22-18(12-25-24(22)28)21-16-4-2-3-5-19(16)26(8-9-27)23(17)21/h2-7,10,12,25,27-28H,8-9,11H2,1H3. The second kappa shape index (κ2) is 5.78. The molecule has 5 nitrogen and oxygen atoms in total. The van der Waals surface area contributed by atoms with Crippen molar-refractivity contribution in [2.75, 3.05) is 13.7 Å². The smallest absolute Gasteiger partial charge is 0.197 e. The Morgan fingerprint density at radius 2 is 1.97 bits per heavy atom. The minimum absolute atomic E-state index is 0.0692. The van der Waals surface area contributed by atoms with Crippen LogP contribution in [0.4, 0.5) is 0 Å². The summed E-state index contributed by atoms with van der Waals surface area (Å²) in [6.07, 6.45) is 2.66. The van der Waals surface area contributed by atoms with Crippen LogP contribution >= 0.6 is 0 Å². The van der Waals surface area contributed by atoms with Crippen LogP contribution in [0.5, 0.6) is 11.6 Å². The Morgan fingerprint density at radius 1 is 1.10 bits per heavy atom. The number of hydrogen-bond donors (Lipinski definition) is 3. The summed E-state index contributed by atoms with van der Waals surface area (Å²) in [5.41, 5.74) is 6.82. The molecule has 3 N–H and O–H groups in total. The van der Waals surface area contributed by atoms with Crippen LogP contribution in [0.25, 0.3) is 43.7 Å². The van der Waals surface area contributed by atoms with Gasteiger partial charge in [-0.3, -0.25) is 0 Å². The number of nitrogens with one attached hydrogen (secondary N) is 1. The summed E-state index contributed by atoms with van der Waals surface area (Å²) in [6, 6.07) is 14.4. The van der Waals surface area contributed by atoms with Crippen LogP contribution in [-0.4, -0.2) is 33.5 Å². The summed E-state index contributed by atoms with van der Waals surface area (Å²) in [5.74, 6) is 1.03. The Balaban J connectivity index is 1.85. The highest BCUT2D eigenvalue weighted by Gasteiger charge is 2.29. The number of fused-ring (bicyclic) bond motifs is 10. The van der Waals surface area contributed by atoms with Crippen molar-refractivity contribution in [1.29, 1.82) is 0 Å². The summed E-state index contributed by atoms with van der Waals surface area (Å²) < 4.78 is 7.66. The Kier molecular flexibility index (Phi) is 3.29. The maximum absolute atomic E-state index is 10.7. The summed E-state index contributed by atoms with van der Waals surface area (Å²) in [4.78, 5) is 3.03. The number of aliphatic hydroxyl groups is 1. The molecule has 2 heterocycles. The number of nitrogens with zero attached hydrogens (tertiary/aromatic N) is 1. The zero-order valence-electron chi connectivity index (χ0n) is 16.0. The van der Waals surface area contributed by atoms with E-state index in [-0.39, 0.29) is 12.5 Å². The molecule has 0 amide bonds. The normalized spacial score (nSPS) is 12.8. The maximum atomic E-state index is 10.7. The van der Waals surface area contributed by atoms with E-state index in [1.807, 2.05) is 24.4 Å². The number of aromatic nitrogens is 2. The van der Waals surface area contributed by atoms with Crippen LogP contribution in [0, 0.1) is 0 Å². The van der Waals surface area contributed by atoms with Crippen LogP contribution in [0.15, 0.2) is 48.7 Å². The molecule has 3 aromatic carbocycles. The molecule has 0 radical (unpaired) electrons. The molecule has 1 aliphatic rings. The molecular formula is C24H20N2O3. The molecule has 5 heteroatoms. The van der Waals surface area contributed by atoms with Crippen molar-refractivity contribution < 1.29 is 14.9 Å². The van der Waals surface area contributed by atoms with Gasteiger partial charge >= 0.3 is 0 Å². The largest absolute Gasteiger partial charge is 0.497 e. The third-order valence-corrected chi connectivity index (χ3v) is 6.21. The van der Waals surface area contributed by atoms with Gasteiger partial charge in [0.2, 0.25) is 0 Å². The van der Waals surface area contributed by atoms with E-state index in [4.69, 9.17) is 4.74 Å². The van der Waals surface area contributed by atoms with Crippen molar-refractivity contribution in [2.24, 2.45) is 0 Å². The second-order valence-electron chi connectivity index (χ2n) is 7.60. The van der Waals surface area contributed by atoms with E-state index in [9.17, 15) is 10.2 Å². The molecule has 0 fully saturated rings. The molecule has 5 aromatic rings. The fourth-order valence-corrected chi connectivity index (χ4v) is 5.10. The number of hydrogen-bond acceptors (Lipinski definition) is 3. The van der Waals surface area contributed by atoms with E-state index >= 15 is 0 Å². The first kappa shape index (κ1) is 16.5. The third kappa shape index (κ3) is 2.03. The third-order valence-electron chi connectivity index (χ3n) is 6.21. The number of aromatic amines is 1. The number of aromatic hydroxyl groups is 1. The van der Waals surface area contributed by atoms with E-state index in [2.05, 4.69) is 33.8 Å². The first-order chi connectivity index (χ1) is 14.2. The molecule has 0 saturated carbocycles. The van der Waals surface area contributed by atoms with Crippen molar-refractivity contribution in [3.05, 3.63) is 59.8 Å². The van der Waals surface area contributed by atoms with E-state index in [1.54, 1.807) is 7.11 Å². The number of rotatable bonds is 3. The van der Waals surface area contributed by atoms with Gasteiger partial charge in [0.25, 0.3) is 0 Å². The predicted octanol–water partition coefficient (Wildman–Crippen LogP) is 4.55. The highest BCUT2D eigenvalue weighted by molar-refractivity contribution is 6.26. The van der Waals surface area contributed by atoms with Gasteiger partial charge in [-0.1, -0.05) is 24.3 Å². The lowest BCUT2D eigenvalue weighted by molar-refractivity contribution is 0.280. The lowest BCUT2D eigenvalue weighted by Crippen LogP contribution is -2.03. The van der Waals surface area contributed by atoms with Crippen LogP contribution in [0.2, 0.25) is 0 Å². The molecule has 0 saturated heterocycles. The van der Waals surface area contributed by atoms with Gasteiger partial charge in [0.05, 0.1) is 24.6 Å². The Bertz CT molecular complexity index is 1440. The molecule has 0 spiro atoms. The van der Waals surface area contributed by atoms with Crippen LogP contribution in [0.1, 0.15) is 11.1 Å². The van der Waals surface area contributed by atoms with Crippen LogP contribution in [-0.2, 0) is 13.0 Å². The number of methoxy groups -OCH3 is 1. The Morgan fingerprint density at radius 3 is 2.79 bits per heavy atom. The van der Waals surface area contributed by atoms with Crippen molar-refractivity contribution >= 4 is 32.6 Å². The predicted molar refractivity (Wildman–Crippen MR) is 115 cm³/mol. The molecule has 144 valence electrons. The Hall–Kier alpha value is -3.44. The van der Waals surface area contributed by atoms with Crippen LogP contribution < -0.4 is 4.74 Å². The minimum Gasteiger partial charge on any atom is -0.497 e. The van der Waals surface area contributed by atoms with Gasteiger partial charge < -0.3 is 24.5 Å². The van der Waals surface area contributed by atoms with Gasteiger partial charge in [-0.2, -0.15) is 0 Å². The molecular weight excluding hydrogens is 364 g/mol. The second-order valence-corrected chi connectivity index (χ2v) is 7.60. The SMILES string of the molecule is COc1ccc2c(c1)Cc1c-2c2c(O)[nH]cc2c2c3ccccc3n(CCO)c12. The average Bonchev–Trinajstić information content (AvgIpc) is 3.40. The zero-order valence-corrected chi connectivity index (χ0v) is 16.0. The molecule has 2 aromatic heterocycles. The zero-order chi connectivity index (χ0) is 19.7. The summed E-state index contributed by atoms with van der Waals surface area (Å²) in [7, 11) is 1.68. The molecule has 6 rings (SSSR count). The molecule has 1 aliphatic carbocycles. The molecule has 0 atom stereocenters. The van der Waals surface area contributed by atoms with E-state index in [0.29, 0.717) is 6.54 Å². The van der Waals surface area contributed by atoms with Gasteiger partial charge in [0.15, 0.2) is 5.88 Å². The molecule has 0 bridgehead atoms. The van der Waals surface area contributed by atoms with E-state index < -0.39 is 0 Å². The Labute approximate surface area is 166 Å². The van der Waals surface area contributed by atoms with Gasteiger partial charge in [-0.15, -0.1) is 0 Å². The van der Waals surface area contributed by atoms with Crippen molar-refractivity contribution in [3.63, 3.8) is 0 Å². The fourth-order valence-electron chi connectivity index (χ4n) is 5.10. The van der Waals surface area contributed by atoms with Gasteiger partial charge in [-0.25, -0.2) is 0 Å². The summed E-state index contributed by atoms with van der Waals surface area (Å²) >= 11 is 0. The quantitative estimate of drug-likeness (QED) is 0.419. The fraction of sp³-hybridized carbons (Fsp3) is 0.167.